The second-order valence-corrected chi connectivity index (χ2v) is 8.61. The molecule has 0 radical (unpaired) electrons. The van der Waals surface area contributed by atoms with Crippen LogP contribution in [0.2, 0.25) is 0 Å². The van der Waals surface area contributed by atoms with Gasteiger partial charge >= 0.3 is 0 Å². The molecular weight excluding hydrogens is 388 g/mol. The highest BCUT2D eigenvalue weighted by atomic mass is 16.5. The third-order valence-corrected chi connectivity index (χ3v) is 5.42. The number of hydrogen-bond donors (Lipinski definition) is 1. The zero-order chi connectivity index (χ0) is 22.2. The number of para-hydroxylation sites is 2. The molecule has 0 saturated heterocycles. The average Bonchev–Trinajstić information content (AvgIpc) is 2.87. The number of hydrogen-bond acceptors (Lipinski definition) is 3. The maximum absolute atomic E-state index is 13.2. The molecule has 2 amide bonds. The Morgan fingerprint density at radius 1 is 0.968 bits per heavy atom. The van der Waals surface area contributed by atoms with E-state index in [1.807, 2.05) is 55.5 Å². The molecule has 0 aromatic heterocycles. The van der Waals surface area contributed by atoms with E-state index in [1.54, 1.807) is 23.1 Å². The lowest BCUT2D eigenvalue weighted by molar-refractivity contribution is 0.0985. The molecule has 0 atom stereocenters. The lowest BCUT2D eigenvalue weighted by atomic mass is 9.87. The maximum Gasteiger partial charge on any atom is 0.262 e. The van der Waals surface area contributed by atoms with E-state index in [2.05, 4.69) is 26.1 Å². The minimum Gasteiger partial charge on any atom is -0.454 e. The van der Waals surface area contributed by atoms with Gasteiger partial charge in [0, 0.05) is 17.8 Å². The van der Waals surface area contributed by atoms with Gasteiger partial charge in [0.15, 0.2) is 5.75 Å². The molecule has 1 aliphatic rings. The summed E-state index contributed by atoms with van der Waals surface area (Å²) in [6.45, 7) is 8.83. The lowest BCUT2D eigenvalue weighted by Crippen LogP contribution is -2.29. The first-order valence-electron chi connectivity index (χ1n) is 10.4. The van der Waals surface area contributed by atoms with Crippen LogP contribution in [0.15, 0.2) is 66.7 Å². The summed E-state index contributed by atoms with van der Waals surface area (Å²) in [6.07, 6.45) is 0. The highest BCUT2D eigenvalue weighted by Crippen LogP contribution is 2.39. The summed E-state index contributed by atoms with van der Waals surface area (Å²) in [7, 11) is 0. The van der Waals surface area contributed by atoms with Gasteiger partial charge in [-0.3, -0.25) is 9.59 Å². The molecule has 1 N–H and O–H groups in total. The first kappa shape index (κ1) is 20.7. The number of carbonyl (C=O) groups excluding carboxylic acids is 2. The van der Waals surface area contributed by atoms with Crippen molar-refractivity contribution in [3.63, 3.8) is 0 Å². The van der Waals surface area contributed by atoms with Gasteiger partial charge in [0.25, 0.3) is 11.8 Å². The Balaban J connectivity index is 1.61. The smallest absolute Gasteiger partial charge is 0.262 e. The summed E-state index contributed by atoms with van der Waals surface area (Å²) in [5.41, 5.74) is 3.44. The summed E-state index contributed by atoms with van der Waals surface area (Å²) < 4.78 is 6.02. The van der Waals surface area contributed by atoms with Crippen molar-refractivity contribution in [2.24, 2.45) is 0 Å². The van der Waals surface area contributed by atoms with Gasteiger partial charge in [0.2, 0.25) is 0 Å². The molecule has 0 unspecified atom stereocenters. The van der Waals surface area contributed by atoms with Gasteiger partial charge < -0.3 is 15.0 Å². The van der Waals surface area contributed by atoms with Gasteiger partial charge in [-0.2, -0.15) is 0 Å². The first-order chi connectivity index (χ1) is 14.8. The van der Waals surface area contributed by atoms with Gasteiger partial charge in [0.05, 0.1) is 11.3 Å². The highest BCUT2D eigenvalue weighted by molar-refractivity contribution is 6.11. The topological polar surface area (TPSA) is 58.6 Å². The number of fused-ring (bicyclic) bond motifs is 2. The zero-order valence-corrected chi connectivity index (χ0v) is 18.2. The standard InChI is InChI=1S/C26H26N2O3/c1-5-28-21-8-6-7-9-23(21)31-22-15-14-19(16-20(22)25(28)30)27-24(29)17-10-12-18(13-11-17)26(2,3)4/h6-16H,5H2,1-4H3,(H,27,29). The van der Waals surface area contributed by atoms with E-state index in [0.717, 1.165) is 11.3 Å². The number of ether oxygens (including phenoxy) is 1. The summed E-state index contributed by atoms with van der Waals surface area (Å²) in [4.78, 5) is 27.6. The third kappa shape index (κ3) is 4.04. The molecule has 4 rings (SSSR count). The van der Waals surface area contributed by atoms with E-state index in [9.17, 15) is 9.59 Å². The second kappa shape index (κ2) is 7.91. The minimum absolute atomic E-state index is 0.0229. The van der Waals surface area contributed by atoms with Crippen LogP contribution in [0, 0.1) is 0 Å². The van der Waals surface area contributed by atoms with Crippen LogP contribution in [0.25, 0.3) is 0 Å². The monoisotopic (exact) mass is 414 g/mol. The van der Waals surface area contributed by atoms with Crippen LogP contribution in [0.5, 0.6) is 11.5 Å². The molecular formula is C26H26N2O3. The second-order valence-electron chi connectivity index (χ2n) is 8.61. The molecule has 0 spiro atoms. The van der Waals surface area contributed by atoms with Crippen molar-refractivity contribution >= 4 is 23.2 Å². The molecule has 3 aromatic carbocycles. The van der Waals surface area contributed by atoms with Crippen LogP contribution in [-0.2, 0) is 5.41 Å². The van der Waals surface area contributed by atoms with Crippen molar-refractivity contribution in [2.75, 3.05) is 16.8 Å². The molecule has 0 saturated carbocycles. The molecule has 5 heteroatoms. The van der Waals surface area contributed by atoms with E-state index in [0.29, 0.717) is 34.9 Å². The summed E-state index contributed by atoms with van der Waals surface area (Å²) in [6, 6.07) is 20.2. The Morgan fingerprint density at radius 3 is 2.35 bits per heavy atom. The first-order valence-corrected chi connectivity index (χ1v) is 10.4. The molecule has 158 valence electrons. The van der Waals surface area contributed by atoms with E-state index < -0.39 is 0 Å². The van der Waals surface area contributed by atoms with Crippen LogP contribution in [0.4, 0.5) is 11.4 Å². The van der Waals surface area contributed by atoms with Crippen molar-refractivity contribution < 1.29 is 14.3 Å². The predicted molar refractivity (Wildman–Crippen MR) is 123 cm³/mol. The van der Waals surface area contributed by atoms with Crippen molar-refractivity contribution in [1.82, 2.24) is 0 Å². The van der Waals surface area contributed by atoms with Gasteiger partial charge in [-0.15, -0.1) is 0 Å². The van der Waals surface area contributed by atoms with Gasteiger partial charge in [-0.25, -0.2) is 0 Å². The van der Waals surface area contributed by atoms with Crippen LogP contribution < -0.4 is 15.0 Å². The quantitative estimate of drug-likeness (QED) is 0.571. The van der Waals surface area contributed by atoms with Crippen molar-refractivity contribution in [3.8, 4) is 11.5 Å². The molecule has 0 aliphatic carbocycles. The van der Waals surface area contributed by atoms with Crippen LogP contribution in [0.3, 0.4) is 0 Å². The Morgan fingerprint density at radius 2 is 1.68 bits per heavy atom. The van der Waals surface area contributed by atoms with E-state index >= 15 is 0 Å². The largest absolute Gasteiger partial charge is 0.454 e. The third-order valence-electron chi connectivity index (χ3n) is 5.42. The normalized spacial score (nSPS) is 13.0. The van der Waals surface area contributed by atoms with E-state index in [1.165, 1.54) is 0 Å². The molecule has 31 heavy (non-hydrogen) atoms. The van der Waals surface area contributed by atoms with Gasteiger partial charge in [0.1, 0.15) is 5.75 Å². The summed E-state index contributed by atoms with van der Waals surface area (Å²) in [5, 5.41) is 2.90. The number of nitrogens with zero attached hydrogens (tertiary/aromatic N) is 1. The summed E-state index contributed by atoms with van der Waals surface area (Å²) in [5.74, 6) is 0.721. The highest BCUT2D eigenvalue weighted by Gasteiger charge is 2.27. The fraction of sp³-hybridized carbons (Fsp3) is 0.231. The number of carbonyl (C=O) groups is 2. The minimum atomic E-state index is -0.224. The lowest BCUT2D eigenvalue weighted by Gasteiger charge is -2.20. The summed E-state index contributed by atoms with van der Waals surface area (Å²) >= 11 is 0. The molecule has 3 aromatic rings. The average molecular weight is 415 g/mol. The number of nitrogens with one attached hydrogen (secondary N) is 1. The predicted octanol–water partition coefficient (Wildman–Crippen LogP) is 6.01. The SMILES string of the molecule is CCN1C(=O)c2cc(NC(=O)c3ccc(C(C)(C)C)cc3)ccc2Oc2ccccc21. The van der Waals surface area contributed by atoms with Crippen molar-refractivity contribution in [3.05, 3.63) is 83.4 Å². The Labute approximate surface area is 182 Å². The van der Waals surface area contributed by atoms with Crippen LogP contribution >= 0.6 is 0 Å². The molecule has 5 nitrogen and oxygen atoms in total. The molecule has 0 fully saturated rings. The number of amides is 2. The van der Waals surface area contributed by atoms with Crippen LogP contribution in [-0.4, -0.2) is 18.4 Å². The number of rotatable bonds is 3. The Bertz CT molecular complexity index is 1140. The fourth-order valence-electron chi connectivity index (χ4n) is 3.64. The fourth-order valence-corrected chi connectivity index (χ4v) is 3.64. The van der Waals surface area contributed by atoms with E-state index in [4.69, 9.17) is 4.74 Å². The molecule has 1 heterocycles. The Hall–Kier alpha value is -3.60. The van der Waals surface area contributed by atoms with E-state index in [-0.39, 0.29) is 17.2 Å². The van der Waals surface area contributed by atoms with Crippen molar-refractivity contribution in [2.45, 2.75) is 33.1 Å². The zero-order valence-electron chi connectivity index (χ0n) is 18.2. The molecule has 0 bridgehead atoms. The van der Waals surface area contributed by atoms with Crippen molar-refractivity contribution in [1.29, 1.82) is 0 Å². The van der Waals surface area contributed by atoms with Gasteiger partial charge in [-0.05, 0) is 60.4 Å². The van der Waals surface area contributed by atoms with Crippen LogP contribution in [0.1, 0.15) is 54.0 Å². The molecule has 1 aliphatic heterocycles. The number of anilines is 2. The maximum atomic E-state index is 13.2. The number of benzene rings is 3. The van der Waals surface area contributed by atoms with Gasteiger partial charge in [-0.1, -0.05) is 45.0 Å². The Kier molecular flexibility index (Phi) is 5.27.